The van der Waals surface area contributed by atoms with E-state index in [4.69, 9.17) is 9.97 Å². The molecule has 5 nitrogen and oxygen atoms in total. The maximum absolute atomic E-state index is 5.99. The summed E-state index contributed by atoms with van der Waals surface area (Å²) in [5, 5.41) is 7.29. The summed E-state index contributed by atoms with van der Waals surface area (Å²) in [6, 6.07) is 74.9. The van der Waals surface area contributed by atoms with Crippen molar-refractivity contribution in [2.75, 3.05) is 0 Å². The predicted molar refractivity (Wildman–Crippen MR) is 315 cm³/mol. The number of aromatic nitrogens is 5. The molecule has 17 rings (SSSR count). The molecule has 0 spiro atoms. The highest BCUT2D eigenvalue weighted by molar-refractivity contribution is 6.15. The third-order valence-corrected chi connectivity index (χ3v) is 18.4. The Morgan fingerprint density at radius 2 is 0.605 bits per heavy atom. The third-order valence-electron chi connectivity index (χ3n) is 18.4. The monoisotopic (exact) mass is 973 g/mol. The maximum Gasteiger partial charge on any atom is 0.182 e. The molecule has 5 heteroatoms. The molecule has 0 radical (unpaired) electrons. The fourth-order valence-electron chi connectivity index (χ4n) is 14.7. The second-order valence-corrected chi connectivity index (χ2v) is 23.4. The fourth-order valence-corrected chi connectivity index (χ4v) is 14.7. The SMILES string of the molecule is CC1(C)c2ccccc2-c2cc3c(cc21)c1ccccc1n3-c1ccc2nc(-n3c4ccccc4c4cc5c(cc43)-c3ccccc3C5(C)C)c(-n3c4ccccc4c4cc5c(cc43)-c3ccccc3C5(C)C)nc2c1. The van der Waals surface area contributed by atoms with Crippen LogP contribution in [-0.4, -0.2) is 23.7 Å². The van der Waals surface area contributed by atoms with Crippen LogP contribution in [0, 0.1) is 0 Å². The Bertz CT molecular complexity index is 4970. The van der Waals surface area contributed by atoms with Crippen LogP contribution in [-0.2, 0) is 16.2 Å². The zero-order chi connectivity index (χ0) is 50.7. The molecule has 3 aliphatic rings. The number of nitrogens with zero attached hydrogens (tertiary/aromatic N) is 5. The van der Waals surface area contributed by atoms with Gasteiger partial charge in [-0.15, -0.1) is 0 Å². The molecule has 0 fully saturated rings. The molecule has 0 unspecified atom stereocenters. The molecule has 76 heavy (non-hydrogen) atoms. The lowest BCUT2D eigenvalue weighted by molar-refractivity contribution is 0.661. The zero-order valence-corrected chi connectivity index (χ0v) is 43.3. The summed E-state index contributed by atoms with van der Waals surface area (Å²) >= 11 is 0. The largest absolute Gasteiger partial charge is 0.309 e. The number of para-hydroxylation sites is 3. The molecule has 4 aromatic heterocycles. The quantitative estimate of drug-likeness (QED) is 0.177. The Labute approximate surface area is 440 Å². The number of fused-ring (bicyclic) bond motifs is 19. The molecule has 14 aromatic rings. The Morgan fingerprint density at radius 3 is 1.03 bits per heavy atom. The molecule has 0 amide bonds. The summed E-state index contributed by atoms with van der Waals surface area (Å²) < 4.78 is 7.28. The molecule has 3 aliphatic carbocycles. The van der Waals surface area contributed by atoms with E-state index in [1.54, 1.807) is 0 Å². The second kappa shape index (κ2) is 14.2. The normalized spacial score (nSPS) is 15.3. The van der Waals surface area contributed by atoms with Crippen molar-refractivity contribution in [3.8, 4) is 50.7 Å². The van der Waals surface area contributed by atoms with Crippen molar-refractivity contribution in [2.45, 2.75) is 57.8 Å². The molecule has 0 N–H and O–H groups in total. The van der Waals surface area contributed by atoms with Crippen LogP contribution in [0.3, 0.4) is 0 Å². The Hall–Kier alpha value is -9.06. The van der Waals surface area contributed by atoms with Crippen molar-refractivity contribution in [1.82, 2.24) is 23.7 Å². The number of hydrogen-bond donors (Lipinski definition) is 0. The van der Waals surface area contributed by atoms with Gasteiger partial charge in [0, 0.05) is 54.2 Å². The van der Waals surface area contributed by atoms with E-state index in [0.717, 1.165) is 50.4 Å². The number of rotatable bonds is 3. The Balaban J connectivity index is 0.987. The summed E-state index contributed by atoms with van der Waals surface area (Å²) in [5.74, 6) is 1.57. The van der Waals surface area contributed by atoms with Gasteiger partial charge in [0.1, 0.15) is 0 Å². The molecule has 4 heterocycles. The summed E-state index contributed by atoms with van der Waals surface area (Å²) in [5.41, 5.74) is 24.9. The average Bonchev–Trinajstić information content (AvgIpc) is 4.22. The van der Waals surface area contributed by atoms with Gasteiger partial charge in [-0.2, -0.15) is 0 Å². The lowest BCUT2D eigenvalue weighted by Crippen LogP contribution is -2.15. The van der Waals surface area contributed by atoms with Crippen LogP contribution >= 0.6 is 0 Å². The molecule has 360 valence electrons. The smallest absolute Gasteiger partial charge is 0.182 e. The summed E-state index contributed by atoms with van der Waals surface area (Å²) in [4.78, 5) is 11.9. The highest BCUT2D eigenvalue weighted by Gasteiger charge is 2.39. The number of hydrogen-bond acceptors (Lipinski definition) is 2. The Kier molecular flexibility index (Phi) is 7.91. The summed E-state index contributed by atoms with van der Waals surface area (Å²) in [6.07, 6.45) is 0. The van der Waals surface area contributed by atoms with Gasteiger partial charge >= 0.3 is 0 Å². The van der Waals surface area contributed by atoms with Gasteiger partial charge in [0.25, 0.3) is 0 Å². The highest BCUT2D eigenvalue weighted by Crippen LogP contribution is 2.54. The summed E-state index contributed by atoms with van der Waals surface area (Å²) in [7, 11) is 0. The van der Waals surface area contributed by atoms with Gasteiger partial charge in [0.15, 0.2) is 11.6 Å². The average molecular weight is 974 g/mol. The van der Waals surface area contributed by atoms with Crippen molar-refractivity contribution >= 4 is 76.5 Å². The first-order valence-corrected chi connectivity index (χ1v) is 26.8. The van der Waals surface area contributed by atoms with Gasteiger partial charge in [-0.1, -0.05) is 169 Å². The van der Waals surface area contributed by atoms with Crippen molar-refractivity contribution in [3.05, 3.63) is 234 Å². The van der Waals surface area contributed by atoms with Gasteiger partial charge < -0.3 is 4.57 Å². The van der Waals surface area contributed by atoms with E-state index < -0.39 is 0 Å². The standard InChI is InChI=1S/C71H51N5/c1-69(2)53-25-13-7-19-41(53)47-37-64-50(34-56(47)69)44-22-10-16-28-61(44)74(64)40-31-32-59-60(33-40)73-68(76-63-30-18-12-24-46(63)52-36-58-49(39-66(52)76)43-21-9-15-27-55(43)71(58,5)6)67(72-59)75-62-29-17-11-23-45(62)51-35-57-48(38-65(51)75)42-20-8-14-26-54(42)70(57,3)4/h7-39H,1-6H3. The maximum atomic E-state index is 5.99. The fraction of sp³-hybridized carbons (Fsp3) is 0.127. The van der Waals surface area contributed by atoms with E-state index in [2.05, 4.69) is 255 Å². The van der Waals surface area contributed by atoms with Gasteiger partial charge in [0.05, 0.1) is 44.1 Å². The number of benzene rings is 10. The van der Waals surface area contributed by atoms with Crippen LogP contribution in [0.4, 0.5) is 0 Å². The van der Waals surface area contributed by atoms with E-state index in [-0.39, 0.29) is 16.2 Å². The van der Waals surface area contributed by atoms with Crippen LogP contribution < -0.4 is 0 Å². The summed E-state index contributed by atoms with van der Waals surface area (Å²) in [6.45, 7) is 14.2. The molecular formula is C71H51N5. The van der Waals surface area contributed by atoms with Crippen molar-refractivity contribution in [2.24, 2.45) is 0 Å². The minimum Gasteiger partial charge on any atom is -0.309 e. The highest BCUT2D eigenvalue weighted by atomic mass is 15.2. The lowest BCUT2D eigenvalue weighted by atomic mass is 9.82. The van der Waals surface area contributed by atoms with Crippen molar-refractivity contribution < 1.29 is 0 Å². The van der Waals surface area contributed by atoms with Crippen molar-refractivity contribution in [1.29, 1.82) is 0 Å². The van der Waals surface area contributed by atoms with Crippen LogP contribution in [0.5, 0.6) is 0 Å². The predicted octanol–water partition coefficient (Wildman–Crippen LogP) is 17.8. The van der Waals surface area contributed by atoms with Crippen LogP contribution in [0.15, 0.2) is 200 Å². The topological polar surface area (TPSA) is 40.6 Å². The van der Waals surface area contributed by atoms with Crippen molar-refractivity contribution in [3.63, 3.8) is 0 Å². The first-order chi connectivity index (χ1) is 37.0. The van der Waals surface area contributed by atoms with Crippen LogP contribution in [0.2, 0.25) is 0 Å². The lowest BCUT2D eigenvalue weighted by Gasteiger charge is -2.21. The Morgan fingerprint density at radius 1 is 0.263 bits per heavy atom. The van der Waals surface area contributed by atoms with Crippen LogP contribution in [0.1, 0.15) is 74.9 Å². The second-order valence-electron chi connectivity index (χ2n) is 23.4. The van der Waals surface area contributed by atoms with Crippen LogP contribution in [0.25, 0.3) is 127 Å². The first-order valence-electron chi connectivity index (χ1n) is 26.8. The molecule has 10 aromatic carbocycles. The van der Waals surface area contributed by atoms with Gasteiger partial charge in [-0.3, -0.25) is 9.13 Å². The van der Waals surface area contributed by atoms with E-state index in [1.165, 1.54) is 110 Å². The molecular weight excluding hydrogens is 923 g/mol. The zero-order valence-electron chi connectivity index (χ0n) is 43.3. The van der Waals surface area contributed by atoms with Gasteiger partial charge in [-0.05, 0) is 140 Å². The third kappa shape index (κ3) is 5.20. The van der Waals surface area contributed by atoms with Gasteiger partial charge in [0.2, 0.25) is 0 Å². The first kappa shape index (κ1) is 42.3. The minimum atomic E-state index is -0.156. The van der Waals surface area contributed by atoms with E-state index in [9.17, 15) is 0 Å². The van der Waals surface area contributed by atoms with Gasteiger partial charge in [-0.25, -0.2) is 9.97 Å². The molecule has 0 aliphatic heterocycles. The van der Waals surface area contributed by atoms with E-state index in [0.29, 0.717) is 0 Å². The molecule has 0 saturated heterocycles. The van der Waals surface area contributed by atoms with E-state index in [1.807, 2.05) is 0 Å². The molecule has 0 bridgehead atoms. The minimum absolute atomic E-state index is 0.111. The molecule has 0 saturated carbocycles. The van der Waals surface area contributed by atoms with E-state index >= 15 is 0 Å². The molecule has 0 atom stereocenters.